The third-order valence-corrected chi connectivity index (χ3v) is 5.12. The number of rotatable bonds is 4. The van der Waals surface area contributed by atoms with Crippen molar-refractivity contribution in [3.8, 4) is 0 Å². The molecule has 3 nitrogen and oxygen atoms in total. The van der Waals surface area contributed by atoms with Gasteiger partial charge in [-0.3, -0.25) is 4.79 Å². The van der Waals surface area contributed by atoms with Gasteiger partial charge in [0.05, 0.1) is 0 Å². The van der Waals surface area contributed by atoms with Gasteiger partial charge < -0.3 is 10.2 Å². The Morgan fingerprint density at radius 2 is 2.24 bits per heavy atom. The molecule has 0 radical (unpaired) electrons. The Balaban J connectivity index is 1.87. The zero-order chi connectivity index (χ0) is 15.4. The summed E-state index contributed by atoms with van der Waals surface area (Å²) in [6.45, 7) is 9.56. The number of nitrogens with zero attached hydrogens (tertiary/aromatic N) is 1. The SMILES string of the molecule is Cc1ccc(C(=O)NCC2CCCN(C(C)C)C2)cc1Br. The number of hydrogen-bond acceptors (Lipinski definition) is 2. The van der Waals surface area contributed by atoms with Gasteiger partial charge in [0.25, 0.3) is 5.91 Å². The fraction of sp³-hybridized carbons (Fsp3) is 0.588. The van der Waals surface area contributed by atoms with Crippen molar-refractivity contribution < 1.29 is 4.79 Å². The smallest absolute Gasteiger partial charge is 0.251 e. The van der Waals surface area contributed by atoms with E-state index in [1.807, 2.05) is 25.1 Å². The van der Waals surface area contributed by atoms with Crippen LogP contribution in [0.1, 0.15) is 42.6 Å². The lowest BCUT2D eigenvalue weighted by atomic mass is 9.97. The number of amides is 1. The van der Waals surface area contributed by atoms with E-state index in [4.69, 9.17) is 0 Å². The Morgan fingerprint density at radius 3 is 2.90 bits per heavy atom. The normalized spacial score (nSPS) is 19.8. The standard InChI is InChI=1S/C17H25BrN2O/c1-12(2)20-8-4-5-14(11-20)10-19-17(21)15-7-6-13(3)16(18)9-15/h6-7,9,12,14H,4-5,8,10-11H2,1-3H3,(H,19,21). The van der Waals surface area contributed by atoms with E-state index in [1.54, 1.807) is 0 Å². The monoisotopic (exact) mass is 352 g/mol. The number of aryl methyl sites for hydroxylation is 1. The van der Waals surface area contributed by atoms with Crippen LogP contribution < -0.4 is 5.32 Å². The number of halogens is 1. The molecular formula is C17H25BrN2O. The molecular weight excluding hydrogens is 328 g/mol. The minimum absolute atomic E-state index is 0.0253. The third-order valence-electron chi connectivity index (χ3n) is 4.27. The summed E-state index contributed by atoms with van der Waals surface area (Å²) in [5.41, 5.74) is 1.87. The molecule has 1 amide bonds. The number of carbonyl (C=O) groups excluding carboxylic acids is 1. The van der Waals surface area contributed by atoms with Gasteiger partial charge in [0.1, 0.15) is 0 Å². The Labute approximate surface area is 136 Å². The van der Waals surface area contributed by atoms with E-state index in [9.17, 15) is 4.79 Å². The molecule has 1 aromatic carbocycles. The Kier molecular flexibility index (Phi) is 5.82. The summed E-state index contributed by atoms with van der Waals surface area (Å²) in [7, 11) is 0. The van der Waals surface area contributed by atoms with Gasteiger partial charge in [-0.2, -0.15) is 0 Å². The van der Waals surface area contributed by atoms with Crippen LogP contribution in [0, 0.1) is 12.8 Å². The summed E-state index contributed by atoms with van der Waals surface area (Å²) in [5, 5.41) is 3.09. The summed E-state index contributed by atoms with van der Waals surface area (Å²) in [6.07, 6.45) is 2.44. The molecule has 0 bridgehead atoms. The number of likely N-dealkylation sites (tertiary alicyclic amines) is 1. The molecule has 0 aromatic heterocycles. The average Bonchev–Trinajstić information content (AvgIpc) is 2.48. The average molecular weight is 353 g/mol. The van der Waals surface area contributed by atoms with Crippen molar-refractivity contribution in [1.82, 2.24) is 10.2 Å². The van der Waals surface area contributed by atoms with Gasteiger partial charge in [-0.25, -0.2) is 0 Å². The number of carbonyl (C=O) groups is 1. The van der Waals surface area contributed by atoms with Gasteiger partial charge in [0.15, 0.2) is 0 Å². The first-order chi connectivity index (χ1) is 9.97. The van der Waals surface area contributed by atoms with Crippen LogP contribution in [0.15, 0.2) is 22.7 Å². The zero-order valence-electron chi connectivity index (χ0n) is 13.2. The highest BCUT2D eigenvalue weighted by Crippen LogP contribution is 2.19. The highest BCUT2D eigenvalue weighted by atomic mass is 79.9. The molecule has 1 atom stereocenters. The summed E-state index contributed by atoms with van der Waals surface area (Å²) >= 11 is 3.48. The summed E-state index contributed by atoms with van der Waals surface area (Å²) in [5.74, 6) is 0.594. The maximum Gasteiger partial charge on any atom is 0.251 e. The van der Waals surface area contributed by atoms with E-state index >= 15 is 0 Å². The lowest BCUT2D eigenvalue weighted by Gasteiger charge is -2.35. The molecule has 0 aliphatic carbocycles. The van der Waals surface area contributed by atoms with Crippen LogP contribution in [0.3, 0.4) is 0 Å². The number of nitrogens with one attached hydrogen (secondary N) is 1. The predicted molar refractivity (Wildman–Crippen MR) is 90.6 cm³/mol. The first-order valence-electron chi connectivity index (χ1n) is 7.75. The van der Waals surface area contributed by atoms with E-state index in [0.29, 0.717) is 12.0 Å². The quantitative estimate of drug-likeness (QED) is 0.897. The molecule has 116 valence electrons. The number of hydrogen-bond donors (Lipinski definition) is 1. The van der Waals surface area contributed by atoms with E-state index in [0.717, 1.165) is 28.7 Å². The van der Waals surface area contributed by atoms with Crippen LogP contribution in [0.25, 0.3) is 0 Å². The lowest BCUT2D eigenvalue weighted by molar-refractivity contribution is 0.0922. The fourth-order valence-electron chi connectivity index (χ4n) is 2.81. The number of piperidine rings is 1. The van der Waals surface area contributed by atoms with Crippen molar-refractivity contribution >= 4 is 21.8 Å². The second-order valence-corrected chi connectivity index (χ2v) is 7.13. The van der Waals surface area contributed by atoms with Crippen molar-refractivity contribution in [2.24, 2.45) is 5.92 Å². The maximum atomic E-state index is 12.2. The second-order valence-electron chi connectivity index (χ2n) is 6.27. The Morgan fingerprint density at radius 1 is 1.48 bits per heavy atom. The first kappa shape index (κ1) is 16.5. The summed E-state index contributed by atoms with van der Waals surface area (Å²) in [4.78, 5) is 14.7. The van der Waals surface area contributed by atoms with Crippen molar-refractivity contribution in [3.63, 3.8) is 0 Å². The molecule has 1 aromatic rings. The highest BCUT2D eigenvalue weighted by Gasteiger charge is 2.22. The van der Waals surface area contributed by atoms with Gasteiger partial charge in [-0.15, -0.1) is 0 Å². The maximum absolute atomic E-state index is 12.2. The van der Waals surface area contributed by atoms with E-state index in [-0.39, 0.29) is 5.91 Å². The highest BCUT2D eigenvalue weighted by molar-refractivity contribution is 9.10. The molecule has 1 aliphatic heterocycles. The van der Waals surface area contributed by atoms with Crippen molar-refractivity contribution in [3.05, 3.63) is 33.8 Å². The van der Waals surface area contributed by atoms with Gasteiger partial charge in [0, 0.05) is 29.2 Å². The molecule has 4 heteroatoms. The molecule has 21 heavy (non-hydrogen) atoms. The topological polar surface area (TPSA) is 32.3 Å². The van der Waals surface area contributed by atoms with E-state index < -0.39 is 0 Å². The van der Waals surface area contributed by atoms with Gasteiger partial charge >= 0.3 is 0 Å². The Hall–Kier alpha value is -0.870. The van der Waals surface area contributed by atoms with Gasteiger partial charge in [0.2, 0.25) is 0 Å². The van der Waals surface area contributed by atoms with Gasteiger partial charge in [-0.1, -0.05) is 22.0 Å². The molecule has 0 spiro atoms. The predicted octanol–water partition coefficient (Wildman–Crippen LogP) is 3.61. The zero-order valence-corrected chi connectivity index (χ0v) is 14.7. The van der Waals surface area contributed by atoms with Crippen molar-refractivity contribution in [2.75, 3.05) is 19.6 Å². The summed E-state index contributed by atoms with van der Waals surface area (Å²) in [6, 6.07) is 6.35. The van der Waals surface area contributed by atoms with Crippen LogP contribution in [-0.2, 0) is 0 Å². The second kappa shape index (κ2) is 7.41. The molecule has 1 saturated heterocycles. The van der Waals surface area contributed by atoms with Crippen LogP contribution in [-0.4, -0.2) is 36.5 Å². The molecule has 1 aliphatic rings. The molecule has 1 fully saturated rings. The van der Waals surface area contributed by atoms with Crippen molar-refractivity contribution in [2.45, 2.75) is 39.7 Å². The largest absolute Gasteiger partial charge is 0.352 e. The third kappa shape index (κ3) is 4.55. The van der Waals surface area contributed by atoms with Crippen LogP contribution in [0.2, 0.25) is 0 Å². The first-order valence-corrected chi connectivity index (χ1v) is 8.55. The van der Waals surface area contributed by atoms with Crippen LogP contribution in [0.5, 0.6) is 0 Å². The Bertz CT molecular complexity index is 502. The van der Waals surface area contributed by atoms with Crippen LogP contribution in [0.4, 0.5) is 0 Å². The van der Waals surface area contributed by atoms with Gasteiger partial charge in [-0.05, 0) is 63.8 Å². The van der Waals surface area contributed by atoms with E-state index in [2.05, 4.69) is 40.0 Å². The molecule has 2 rings (SSSR count). The molecule has 0 saturated carbocycles. The molecule has 1 unspecified atom stereocenters. The summed E-state index contributed by atoms with van der Waals surface area (Å²) < 4.78 is 0.985. The fourth-order valence-corrected chi connectivity index (χ4v) is 3.18. The minimum atomic E-state index is 0.0253. The van der Waals surface area contributed by atoms with Crippen molar-refractivity contribution in [1.29, 1.82) is 0 Å². The number of benzene rings is 1. The lowest BCUT2D eigenvalue weighted by Crippen LogP contribution is -2.43. The molecule has 1 heterocycles. The molecule has 1 N–H and O–H groups in total. The van der Waals surface area contributed by atoms with Crippen LogP contribution >= 0.6 is 15.9 Å². The minimum Gasteiger partial charge on any atom is -0.352 e. The van der Waals surface area contributed by atoms with E-state index in [1.165, 1.54) is 19.4 Å².